The van der Waals surface area contributed by atoms with Crippen LogP contribution in [0.25, 0.3) is 21.3 Å². The second kappa shape index (κ2) is 8.28. The Balaban J connectivity index is 1.40. The summed E-state index contributed by atoms with van der Waals surface area (Å²) in [6, 6.07) is 10.5. The van der Waals surface area contributed by atoms with E-state index in [0.29, 0.717) is 5.92 Å². The van der Waals surface area contributed by atoms with Gasteiger partial charge in [-0.1, -0.05) is 26.0 Å². The van der Waals surface area contributed by atoms with E-state index in [1.165, 1.54) is 9.71 Å². The molecular formula is C25H29N5OS. The van der Waals surface area contributed by atoms with Crippen LogP contribution in [-0.4, -0.2) is 43.6 Å². The Morgan fingerprint density at radius 2 is 1.84 bits per heavy atom. The van der Waals surface area contributed by atoms with Gasteiger partial charge in [0, 0.05) is 30.7 Å². The quantitative estimate of drug-likeness (QED) is 0.399. The molecule has 7 heteroatoms. The fourth-order valence-electron chi connectivity index (χ4n) is 4.45. The molecule has 1 aliphatic rings. The van der Waals surface area contributed by atoms with Crippen molar-refractivity contribution in [3.63, 3.8) is 0 Å². The molecule has 1 fully saturated rings. The number of likely N-dealkylation sites (tertiary alicyclic amines) is 1. The number of fused-ring (bicyclic) bond motifs is 2. The number of pyridine rings is 1. The summed E-state index contributed by atoms with van der Waals surface area (Å²) in [7, 11) is 0. The second-order valence-corrected chi connectivity index (χ2v) is 10.3. The third-order valence-electron chi connectivity index (χ3n) is 6.34. The predicted octanol–water partition coefficient (Wildman–Crippen LogP) is 5.77. The number of thiazole rings is 1. The summed E-state index contributed by atoms with van der Waals surface area (Å²) in [4.78, 5) is 25.3. The largest absolute Gasteiger partial charge is 0.339 e. The van der Waals surface area contributed by atoms with Crippen LogP contribution in [0.3, 0.4) is 0 Å². The van der Waals surface area contributed by atoms with E-state index in [1.54, 1.807) is 17.5 Å². The number of carbonyl (C=O) groups is 1. The van der Waals surface area contributed by atoms with Crippen LogP contribution in [0.15, 0.2) is 36.5 Å². The van der Waals surface area contributed by atoms with Gasteiger partial charge in [-0.05, 0) is 50.8 Å². The summed E-state index contributed by atoms with van der Waals surface area (Å²) in [5.74, 6) is 0.750. The Morgan fingerprint density at radius 1 is 1.09 bits per heavy atom. The molecule has 0 unspecified atom stereocenters. The maximum absolute atomic E-state index is 13.6. The van der Waals surface area contributed by atoms with Gasteiger partial charge in [-0.3, -0.25) is 4.79 Å². The minimum atomic E-state index is 0.0883. The molecule has 6 nitrogen and oxygen atoms in total. The third-order valence-corrected chi connectivity index (χ3v) is 7.54. The van der Waals surface area contributed by atoms with E-state index >= 15 is 0 Å². The highest BCUT2D eigenvalue weighted by atomic mass is 32.1. The van der Waals surface area contributed by atoms with Crippen molar-refractivity contribution in [1.82, 2.24) is 24.6 Å². The third kappa shape index (κ3) is 3.68. The lowest BCUT2D eigenvalue weighted by molar-refractivity contribution is 0.0714. The number of para-hydroxylation sites is 1. The Hall–Kier alpha value is -2.80. The van der Waals surface area contributed by atoms with Gasteiger partial charge in [-0.25, -0.2) is 14.6 Å². The first-order chi connectivity index (χ1) is 15.4. The van der Waals surface area contributed by atoms with Crippen molar-refractivity contribution < 1.29 is 4.79 Å². The zero-order valence-corrected chi connectivity index (χ0v) is 19.9. The summed E-state index contributed by atoms with van der Waals surface area (Å²) < 4.78 is 3.15. The summed E-state index contributed by atoms with van der Waals surface area (Å²) >= 11 is 1.79. The predicted molar refractivity (Wildman–Crippen MR) is 130 cm³/mol. The standard InChI is InChI=1S/C25H29N5OS/c1-15(2)21-13-18(19-14-26-30(16(3)4)23(19)27-21)25(31)29-11-9-17(10-12-29)24-28-20-7-5-6-8-22(20)32-24/h5-8,13-17H,9-12H2,1-4H3. The highest BCUT2D eigenvalue weighted by Gasteiger charge is 2.28. The normalized spacial score (nSPS) is 15.5. The van der Waals surface area contributed by atoms with Crippen LogP contribution in [-0.2, 0) is 0 Å². The van der Waals surface area contributed by atoms with Crippen LogP contribution < -0.4 is 0 Å². The van der Waals surface area contributed by atoms with Crippen molar-refractivity contribution in [2.45, 2.75) is 58.4 Å². The van der Waals surface area contributed by atoms with Gasteiger partial charge in [-0.15, -0.1) is 11.3 Å². The molecule has 0 N–H and O–H groups in total. The van der Waals surface area contributed by atoms with Crippen LogP contribution in [0.1, 0.15) is 79.5 Å². The molecule has 0 radical (unpaired) electrons. The first-order valence-corrected chi connectivity index (χ1v) is 12.3. The average Bonchev–Trinajstić information content (AvgIpc) is 3.42. The smallest absolute Gasteiger partial charge is 0.254 e. The van der Waals surface area contributed by atoms with Gasteiger partial charge in [0.05, 0.1) is 32.4 Å². The van der Waals surface area contributed by atoms with Gasteiger partial charge in [0.1, 0.15) is 0 Å². The summed E-state index contributed by atoms with van der Waals surface area (Å²) in [5.41, 5.74) is 3.55. The van der Waals surface area contributed by atoms with E-state index in [9.17, 15) is 4.79 Å². The van der Waals surface area contributed by atoms with Crippen LogP contribution in [0.4, 0.5) is 0 Å². The molecule has 1 saturated heterocycles. The molecule has 1 aliphatic heterocycles. The van der Waals surface area contributed by atoms with Gasteiger partial charge in [0.15, 0.2) is 5.65 Å². The molecule has 4 aromatic rings. The first kappa shape index (κ1) is 21.1. The van der Waals surface area contributed by atoms with E-state index in [4.69, 9.17) is 9.97 Å². The number of carbonyl (C=O) groups excluding carboxylic acids is 1. The molecule has 0 aliphatic carbocycles. The lowest BCUT2D eigenvalue weighted by Crippen LogP contribution is -2.38. The SMILES string of the molecule is CC(C)c1cc(C(=O)N2CCC(c3nc4ccccc4s3)CC2)c2cnn(C(C)C)c2n1. The molecule has 32 heavy (non-hydrogen) atoms. The van der Waals surface area contributed by atoms with Crippen molar-refractivity contribution in [1.29, 1.82) is 0 Å². The zero-order chi connectivity index (χ0) is 22.4. The molecule has 166 valence electrons. The van der Waals surface area contributed by atoms with Gasteiger partial charge < -0.3 is 4.90 Å². The van der Waals surface area contributed by atoms with E-state index in [-0.39, 0.29) is 17.9 Å². The Labute approximate surface area is 192 Å². The van der Waals surface area contributed by atoms with Crippen molar-refractivity contribution in [3.05, 3.63) is 52.8 Å². The fraction of sp³-hybridized carbons (Fsp3) is 0.440. The van der Waals surface area contributed by atoms with E-state index in [2.05, 4.69) is 51.0 Å². The molecule has 1 amide bonds. The molecule has 0 saturated carbocycles. The maximum atomic E-state index is 13.6. The lowest BCUT2D eigenvalue weighted by Gasteiger charge is -2.31. The summed E-state index contributed by atoms with van der Waals surface area (Å²) in [5, 5.41) is 6.58. The molecule has 0 spiro atoms. The van der Waals surface area contributed by atoms with E-state index < -0.39 is 0 Å². The molecule has 0 bridgehead atoms. The molecule has 4 heterocycles. The van der Waals surface area contributed by atoms with Crippen molar-refractivity contribution in [3.8, 4) is 0 Å². The van der Waals surface area contributed by atoms with Crippen molar-refractivity contribution in [2.75, 3.05) is 13.1 Å². The number of aromatic nitrogens is 4. The molecule has 0 atom stereocenters. The summed E-state index contributed by atoms with van der Waals surface area (Å²) in [6.07, 6.45) is 3.69. The minimum Gasteiger partial charge on any atom is -0.339 e. The molecule has 3 aromatic heterocycles. The summed E-state index contributed by atoms with van der Waals surface area (Å²) in [6.45, 7) is 9.90. The van der Waals surface area contributed by atoms with Crippen LogP contribution in [0.2, 0.25) is 0 Å². The van der Waals surface area contributed by atoms with Gasteiger partial charge in [0.2, 0.25) is 0 Å². The number of benzene rings is 1. The highest BCUT2D eigenvalue weighted by molar-refractivity contribution is 7.18. The van der Waals surface area contributed by atoms with E-state index in [1.807, 2.05) is 21.7 Å². The van der Waals surface area contributed by atoms with Crippen LogP contribution in [0, 0.1) is 0 Å². The van der Waals surface area contributed by atoms with Crippen LogP contribution in [0.5, 0.6) is 0 Å². The Bertz CT molecular complexity index is 1250. The zero-order valence-electron chi connectivity index (χ0n) is 19.1. The Morgan fingerprint density at radius 3 is 2.53 bits per heavy atom. The Kier molecular flexibility index (Phi) is 5.45. The monoisotopic (exact) mass is 447 g/mol. The fourth-order valence-corrected chi connectivity index (χ4v) is 5.59. The lowest BCUT2D eigenvalue weighted by atomic mass is 9.96. The van der Waals surface area contributed by atoms with Crippen LogP contribution >= 0.6 is 11.3 Å². The minimum absolute atomic E-state index is 0.0883. The molecular weight excluding hydrogens is 418 g/mol. The first-order valence-electron chi connectivity index (χ1n) is 11.4. The number of hydrogen-bond acceptors (Lipinski definition) is 5. The molecule has 5 rings (SSSR count). The van der Waals surface area contributed by atoms with Gasteiger partial charge in [-0.2, -0.15) is 5.10 Å². The number of hydrogen-bond donors (Lipinski definition) is 0. The van der Waals surface area contributed by atoms with Crippen molar-refractivity contribution in [2.24, 2.45) is 0 Å². The highest BCUT2D eigenvalue weighted by Crippen LogP contribution is 2.34. The van der Waals surface area contributed by atoms with Crippen molar-refractivity contribution >= 4 is 38.5 Å². The number of rotatable bonds is 4. The average molecular weight is 448 g/mol. The second-order valence-electron chi connectivity index (χ2n) is 9.26. The molecule has 1 aromatic carbocycles. The van der Waals surface area contributed by atoms with Gasteiger partial charge >= 0.3 is 0 Å². The van der Waals surface area contributed by atoms with Gasteiger partial charge in [0.25, 0.3) is 5.91 Å². The number of amides is 1. The topological polar surface area (TPSA) is 63.9 Å². The maximum Gasteiger partial charge on any atom is 0.254 e. The van der Waals surface area contributed by atoms with E-state index in [0.717, 1.165) is 53.7 Å². The number of nitrogens with zero attached hydrogens (tertiary/aromatic N) is 5. The number of piperidine rings is 1.